The molecule has 0 aliphatic carbocycles. The van der Waals surface area contributed by atoms with Gasteiger partial charge < -0.3 is 24.4 Å². The molecule has 33 heavy (non-hydrogen) atoms. The second kappa shape index (κ2) is 12.8. The van der Waals surface area contributed by atoms with Gasteiger partial charge in [-0.25, -0.2) is 13.6 Å². The fourth-order valence-corrected chi connectivity index (χ4v) is 3.81. The van der Waals surface area contributed by atoms with Crippen LogP contribution in [0.1, 0.15) is 11.1 Å². The van der Waals surface area contributed by atoms with Gasteiger partial charge in [-0.15, -0.1) is 12.4 Å². The van der Waals surface area contributed by atoms with Gasteiger partial charge in [-0.05, 0) is 48.4 Å². The highest BCUT2D eigenvalue weighted by molar-refractivity contribution is 7.89. The Morgan fingerprint density at radius 2 is 1.76 bits per heavy atom. The monoisotopic (exact) mass is 499 g/mol. The zero-order chi connectivity index (χ0) is 23.0. The summed E-state index contributed by atoms with van der Waals surface area (Å²) >= 11 is 0. The van der Waals surface area contributed by atoms with Crippen molar-refractivity contribution >= 4 is 28.3 Å². The molecule has 1 aliphatic heterocycles. The molecule has 1 heterocycles. The highest BCUT2D eigenvalue weighted by Crippen LogP contribution is 2.28. The topological polar surface area (TPSA) is 120 Å². The number of morpholine rings is 1. The number of ether oxygens (including phenoxy) is 3. The minimum atomic E-state index is -3.67. The van der Waals surface area contributed by atoms with Gasteiger partial charge in [-0.2, -0.15) is 0 Å². The number of halogens is 1. The summed E-state index contributed by atoms with van der Waals surface area (Å²) in [6.07, 6.45) is 0.743. The molecule has 1 saturated heterocycles. The number of primary sulfonamides is 1. The van der Waals surface area contributed by atoms with Gasteiger partial charge in [-0.3, -0.25) is 4.79 Å². The lowest BCUT2D eigenvalue weighted by Gasteiger charge is -2.26. The lowest BCUT2D eigenvalue weighted by atomic mass is 10.1. The molecule has 1 aliphatic rings. The number of sulfonamides is 1. The molecule has 1 fully saturated rings. The number of carbonyl (C=O) groups excluding carboxylic acids is 1. The second-order valence-electron chi connectivity index (χ2n) is 7.38. The number of hydrogen-bond donors (Lipinski definition) is 2. The van der Waals surface area contributed by atoms with Gasteiger partial charge in [0.25, 0.3) is 5.91 Å². The van der Waals surface area contributed by atoms with Gasteiger partial charge in [0.05, 0.1) is 25.2 Å². The van der Waals surface area contributed by atoms with E-state index in [2.05, 4.69) is 5.32 Å². The molecule has 0 atom stereocenters. The summed E-state index contributed by atoms with van der Waals surface area (Å²) in [5, 5.41) is 8.46. The standard InChI is InChI=1S/C22H29N3O6S.ClH/c1-29-21-14-18(4-7-20(21)31-16-22(26)25-10-12-30-13-11-25)15-24-9-8-17-2-5-19(6-3-17)32(23,27)28;/h2-7,14,24H,8-13,15-16H2,1H3,(H2,23,27,28);1H. The molecule has 9 nitrogen and oxygen atoms in total. The first-order valence-electron chi connectivity index (χ1n) is 10.3. The number of methoxy groups -OCH3 is 1. The summed E-state index contributed by atoms with van der Waals surface area (Å²) in [7, 11) is -2.11. The molecule has 2 aromatic carbocycles. The summed E-state index contributed by atoms with van der Waals surface area (Å²) in [5.74, 6) is 1.02. The third-order valence-electron chi connectivity index (χ3n) is 5.11. The lowest BCUT2D eigenvalue weighted by molar-refractivity contribution is -0.137. The van der Waals surface area contributed by atoms with Gasteiger partial charge in [-0.1, -0.05) is 18.2 Å². The molecule has 0 spiro atoms. The number of hydrogen-bond acceptors (Lipinski definition) is 7. The van der Waals surface area contributed by atoms with Gasteiger partial charge >= 0.3 is 0 Å². The number of carbonyl (C=O) groups is 1. The molecule has 0 radical (unpaired) electrons. The van der Waals surface area contributed by atoms with E-state index in [-0.39, 0.29) is 29.8 Å². The highest BCUT2D eigenvalue weighted by atomic mass is 35.5. The number of nitrogens with two attached hydrogens (primary N) is 1. The molecule has 0 aromatic heterocycles. The van der Waals surface area contributed by atoms with Crippen LogP contribution >= 0.6 is 12.4 Å². The zero-order valence-electron chi connectivity index (χ0n) is 18.5. The number of amides is 1. The first-order chi connectivity index (χ1) is 15.4. The van der Waals surface area contributed by atoms with Crippen molar-refractivity contribution in [2.75, 3.05) is 46.6 Å². The average Bonchev–Trinajstić information content (AvgIpc) is 2.81. The van der Waals surface area contributed by atoms with E-state index in [0.29, 0.717) is 50.9 Å². The Kier molecular flexibility index (Phi) is 10.4. The summed E-state index contributed by atoms with van der Waals surface area (Å²) in [5.41, 5.74) is 2.02. The molecule has 2 aromatic rings. The van der Waals surface area contributed by atoms with Crippen molar-refractivity contribution in [3.63, 3.8) is 0 Å². The average molecular weight is 500 g/mol. The maximum Gasteiger partial charge on any atom is 0.260 e. The molecule has 0 bridgehead atoms. The fraction of sp³-hybridized carbons (Fsp3) is 0.409. The van der Waals surface area contributed by atoms with Crippen LogP contribution in [0.2, 0.25) is 0 Å². The summed E-state index contributed by atoms with van der Waals surface area (Å²) in [6.45, 7) is 3.57. The summed E-state index contributed by atoms with van der Waals surface area (Å²) < 4.78 is 39.0. The maximum absolute atomic E-state index is 12.3. The Morgan fingerprint density at radius 3 is 2.39 bits per heavy atom. The van der Waals surface area contributed by atoms with Crippen molar-refractivity contribution in [2.45, 2.75) is 17.9 Å². The van der Waals surface area contributed by atoms with E-state index in [0.717, 1.165) is 17.5 Å². The van der Waals surface area contributed by atoms with Crippen molar-refractivity contribution in [3.05, 3.63) is 53.6 Å². The molecule has 182 valence electrons. The quantitative estimate of drug-likeness (QED) is 0.473. The van der Waals surface area contributed by atoms with Crippen LogP contribution in [0, 0.1) is 0 Å². The van der Waals surface area contributed by atoms with Crippen LogP contribution < -0.4 is 19.9 Å². The number of nitrogens with zero attached hydrogens (tertiary/aromatic N) is 1. The Morgan fingerprint density at radius 1 is 1.09 bits per heavy atom. The number of nitrogens with one attached hydrogen (secondary N) is 1. The highest BCUT2D eigenvalue weighted by Gasteiger charge is 2.18. The predicted molar refractivity (Wildman–Crippen MR) is 126 cm³/mol. The van der Waals surface area contributed by atoms with Crippen LogP contribution in [0.25, 0.3) is 0 Å². The lowest BCUT2D eigenvalue weighted by Crippen LogP contribution is -2.43. The van der Waals surface area contributed by atoms with Gasteiger partial charge in [0.2, 0.25) is 10.0 Å². The molecule has 1 amide bonds. The molecule has 0 unspecified atom stereocenters. The Balaban J connectivity index is 0.00000385. The van der Waals surface area contributed by atoms with E-state index in [9.17, 15) is 13.2 Å². The van der Waals surface area contributed by atoms with Crippen molar-refractivity contribution in [3.8, 4) is 11.5 Å². The third-order valence-corrected chi connectivity index (χ3v) is 6.04. The van der Waals surface area contributed by atoms with E-state index in [1.165, 1.54) is 12.1 Å². The third kappa shape index (κ3) is 8.17. The van der Waals surface area contributed by atoms with E-state index >= 15 is 0 Å². The first-order valence-corrected chi connectivity index (χ1v) is 11.9. The maximum atomic E-state index is 12.3. The molecular formula is C22H30ClN3O6S. The predicted octanol–water partition coefficient (Wildman–Crippen LogP) is 1.33. The molecule has 0 saturated carbocycles. The Labute approximate surface area is 200 Å². The summed E-state index contributed by atoms with van der Waals surface area (Å²) in [4.78, 5) is 14.1. The normalized spacial score (nSPS) is 13.8. The van der Waals surface area contributed by atoms with Crippen LogP contribution in [0.5, 0.6) is 11.5 Å². The molecular weight excluding hydrogens is 470 g/mol. The minimum absolute atomic E-state index is 0. The Bertz CT molecular complexity index is 1010. The molecule has 3 N–H and O–H groups in total. The van der Waals surface area contributed by atoms with Crippen molar-refractivity contribution < 1.29 is 27.4 Å². The van der Waals surface area contributed by atoms with E-state index in [1.807, 2.05) is 12.1 Å². The van der Waals surface area contributed by atoms with E-state index in [1.54, 1.807) is 30.2 Å². The SMILES string of the molecule is COc1cc(CNCCc2ccc(S(N)(=O)=O)cc2)ccc1OCC(=O)N1CCOCC1.Cl. The Hall–Kier alpha value is -2.37. The summed E-state index contributed by atoms with van der Waals surface area (Å²) in [6, 6.07) is 12.1. The molecule has 11 heteroatoms. The molecule has 3 rings (SSSR count). The van der Waals surface area contributed by atoms with Gasteiger partial charge in [0.1, 0.15) is 0 Å². The van der Waals surface area contributed by atoms with Crippen LogP contribution in [0.15, 0.2) is 47.4 Å². The second-order valence-corrected chi connectivity index (χ2v) is 8.94. The smallest absolute Gasteiger partial charge is 0.260 e. The van der Waals surface area contributed by atoms with Crippen LogP contribution in [0.3, 0.4) is 0 Å². The zero-order valence-corrected chi connectivity index (χ0v) is 20.1. The number of rotatable bonds is 10. The van der Waals surface area contributed by atoms with Crippen molar-refractivity contribution in [1.29, 1.82) is 0 Å². The van der Waals surface area contributed by atoms with Crippen molar-refractivity contribution in [2.24, 2.45) is 5.14 Å². The number of benzene rings is 2. The fourth-order valence-electron chi connectivity index (χ4n) is 3.30. The van der Waals surface area contributed by atoms with E-state index in [4.69, 9.17) is 19.3 Å². The van der Waals surface area contributed by atoms with Crippen LogP contribution in [-0.2, 0) is 32.5 Å². The van der Waals surface area contributed by atoms with Crippen LogP contribution in [0.4, 0.5) is 0 Å². The van der Waals surface area contributed by atoms with Gasteiger partial charge in [0.15, 0.2) is 18.1 Å². The van der Waals surface area contributed by atoms with Gasteiger partial charge in [0, 0.05) is 19.6 Å². The first kappa shape index (κ1) is 26.9. The van der Waals surface area contributed by atoms with Crippen LogP contribution in [-0.4, -0.2) is 65.8 Å². The van der Waals surface area contributed by atoms with Crippen molar-refractivity contribution in [1.82, 2.24) is 10.2 Å². The minimum Gasteiger partial charge on any atom is -0.493 e. The van der Waals surface area contributed by atoms with E-state index < -0.39 is 10.0 Å². The largest absolute Gasteiger partial charge is 0.493 e.